The zero-order chi connectivity index (χ0) is 89.8. The predicted molar refractivity (Wildman–Crippen MR) is 489 cm³/mol. The van der Waals surface area contributed by atoms with Crippen molar-refractivity contribution in [2.45, 2.75) is 252 Å². The summed E-state index contributed by atoms with van der Waals surface area (Å²) in [6, 6.07) is 75.1. The number of alkyl halides is 6. The van der Waals surface area contributed by atoms with Crippen LogP contribution >= 0.6 is 27.0 Å². The van der Waals surface area contributed by atoms with Gasteiger partial charge in [0.2, 0.25) is 0 Å². The normalized spacial score (nSPS) is 13.0. The molecule has 0 bridgehead atoms. The molecule has 0 heterocycles. The van der Waals surface area contributed by atoms with Gasteiger partial charge >= 0.3 is 24.2 Å². The minimum atomic E-state index is -4.85. The number of carbonyl (C=O) groups excluding carboxylic acids is 2. The number of carbonyl (C=O) groups is 2. The van der Waals surface area contributed by atoms with E-state index >= 15 is 0 Å². The highest BCUT2D eigenvalue weighted by molar-refractivity contribution is 7.88. The maximum Gasteiger partial charge on any atom is 0.471 e. The van der Waals surface area contributed by atoms with Gasteiger partial charge in [0, 0.05) is 59.9 Å². The molecule has 0 aliphatic carbocycles. The number of aliphatic hydroxyl groups is 1. The number of methoxy groups -OCH3 is 4. The first-order chi connectivity index (χ1) is 58.2. The van der Waals surface area contributed by atoms with Crippen LogP contribution in [0.1, 0.15) is 213 Å². The Hall–Kier alpha value is -7.65. The maximum absolute atomic E-state index is 12.5. The van der Waals surface area contributed by atoms with E-state index in [0.717, 1.165) is 139 Å². The summed E-state index contributed by atoms with van der Waals surface area (Å²) in [4.78, 5) is 24.4. The molecule has 2 amide bonds. The van der Waals surface area contributed by atoms with Crippen LogP contribution in [0.2, 0.25) is 0 Å². The molecular formula is C98H136ClF6N5O10P2. The zero-order valence-corrected chi connectivity index (χ0v) is 77.4. The minimum absolute atomic E-state index is 0.0138. The predicted octanol–water partition coefficient (Wildman–Crippen LogP) is 23.5. The van der Waals surface area contributed by atoms with Crippen LogP contribution in [0.15, 0.2) is 218 Å². The van der Waals surface area contributed by atoms with Crippen LogP contribution < -0.4 is 40.2 Å². The second kappa shape index (κ2) is 55.0. The van der Waals surface area contributed by atoms with Crippen LogP contribution in [0, 0.1) is 0 Å². The summed E-state index contributed by atoms with van der Waals surface area (Å²) < 4.78 is 122. The van der Waals surface area contributed by atoms with Gasteiger partial charge in [0.1, 0.15) is 42.5 Å². The lowest BCUT2D eigenvalue weighted by Crippen LogP contribution is -2.39. The van der Waals surface area contributed by atoms with Crippen LogP contribution in [0.5, 0.6) is 23.0 Å². The molecule has 0 spiro atoms. The van der Waals surface area contributed by atoms with E-state index < -0.39 is 57.2 Å². The smallest absolute Gasteiger partial charge is 0.471 e. The summed E-state index contributed by atoms with van der Waals surface area (Å²) in [5.41, 5.74) is 3.54. The number of benzene rings is 8. The van der Waals surface area contributed by atoms with E-state index in [1.54, 1.807) is 28.4 Å². The van der Waals surface area contributed by atoms with E-state index in [4.69, 9.17) is 44.2 Å². The highest BCUT2D eigenvalue weighted by Gasteiger charge is 2.43. The van der Waals surface area contributed by atoms with Crippen LogP contribution in [-0.2, 0) is 34.8 Å². The molecule has 0 saturated heterocycles. The Morgan fingerprint density at radius 2 is 0.664 bits per heavy atom. The lowest BCUT2D eigenvalue weighted by molar-refractivity contribution is -0.173. The fourth-order valence-electron chi connectivity index (χ4n) is 14.8. The molecule has 8 aromatic carbocycles. The average molecular weight is 1760 g/mol. The molecular weight excluding hydrogens is 1620 g/mol. The Morgan fingerprint density at radius 1 is 0.377 bits per heavy atom. The molecule has 4 unspecified atom stereocenters. The number of nitrogens with zero attached hydrogens (tertiary/aromatic N) is 3. The van der Waals surface area contributed by atoms with Crippen LogP contribution in [0.3, 0.4) is 0 Å². The number of rotatable bonds is 47. The van der Waals surface area contributed by atoms with Gasteiger partial charge in [-0.25, -0.2) is 0 Å². The summed E-state index contributed by atoms with van der Waals surface area (Å²) in [5, 5.41) is 17.1. The number of ether oxygens (including phenoxy) is 6. The number of hydrogen-bond acceptors (Lipinski definition) is 13. The molecule has 8 aromatic rings. The van der Waals surface area contributed by atoms with Crippen LogP contribution in [0.4, 0.5) is 26.3 Å². The number of halogens is 7. The van der Waals surface area contributed by atoms with Crippen molar-refractivity contribution in [3.63, 3.8) is 0 Å². The van der Waals surface area contributed by atoms with Crippen molar-refractivity contribution >= 4 is 49.4 Å². The zero-order valence-electron chi connectivity index (χ0n) is 74.8. The van der Waals surface area contributed by atoms with Gasteiger partial charge in [-0.2, -0.15) is 26.3 Å². The molecule has 3 N–H and O–H groups in total. The standard InChI is InChI=1S/C45H58F3N2O5P.C33H40F3NO5.C12H19ClNP.C8H19N/c1-34(2)50(35(3)4)56(42-22-16-12-17-23-42)55-41(21-15-9-7-8-10-18-32-49-43(51)45(46,47)48)33-54-44(36-19-13-11-14-20-36,37-24-28-39(52-5)29-25-37)38-26-30-40(53-6)31-27-38;1-40-29-19-15-26(16-20-29)32(25-12-8-7-9-13-25,27-17-21-30(41-2)22-18-27)42-24-28(38)14-10-5-3-4-6-11-23-37-31(39)33(34,35)36;1-10(2)14(11(3)4)15(13)12-8-6-5-7-9-12;1-6-9(7(2)3)8(4)5/h11-14,16-17,19-20,22-31,34-35,41H,7-10,15,18,21,32-33H2,1-6H3,(H,49,51);7-9,12-13,15-22,28,38H,3-6,10-11,14,23-24H2,1-2H3,(H,37,39);5-11H,1-4H3;7-8H,6H2,1-5H3. The van der Waals surface area contributed by atoms with Gasteiger partial charge in [-0.15, -0.1) is 0 Å². The molecule has 0 aliphatic heterocycles. The summed E-state index contributed by atoms with van der Waals surface area (Å²) in [7, 11) is 4.63. The van der Waals surface area contributed by atoms with Gasteiger partial charge in [0.05, 0.1) is 61.3 Å². The maximum atomic E-state index is 12.5. The first-order valence-corrected chi connectivity index (χ1v) is 46.4. The van der Waals surface area contributed by atoms with E-state index in [0.29, 0.717) is 50.0 Å². The van der Waals surface area contributed by atoms with E-state index in [1.165, 1.54) is 5.30 Å². The fourth-order valence-corrected chi connectivity index (χ4v) is 19.9. The van der Waals surface area contributed by atoms with Gasteiger partial charge in [-0.05, 0) is 197 Å². The Bertz CT molecular complexity index is 3990. The van der Waals surface area contributed by atoms with Crippen LogP contribution in [-0.4, -0.2) is 153 Å². The molecule has 4 atom stereocenters. The van der Waals surface area contributed by atoms with Gasteiger partial charge in [-0.1, -0.05) is 252 Å². The molecule has 672 valence electrons. The summed E-state index contributed by atoms with van der Waals surface area (Å²) >= 11 is 6.55. The SMILES string of the molecule is CC(C)N(C(C)C)P(Cl)c1ccccc1.CCN(C(C)C)C(C)C.COc1ccc(C(OCC(CCCCCCCCNC(=O)C(F)(F)F)OP(c2ccccc2)N(C(C)C)C(C)C)(c2ccccc2)c2ccc(OC)cc2)cc1.COc1ccc(C(OCC(O)CCCCCCCCNC(=O)C(F)(F)F)(c2ccccc2)c2ccc(OC)cc2)cc1. The first-order valence-electron chi connectivity index (χ1n) is 42.9. The van der Waals surface area contributed by atoms with Gasteiger partial charge in [0.15, 0.2) is 0 Å². The van der Waals surface area contributed by atoms with Crippen molar-refractivity contribution in [3.05, 3.63) is 252 Å². The van der Waals surface area contributed by atoms with E-state index in [2.05, 4.69) is 177 Å². The topological polar surface area (TPSA) is 153 Å². The van der Waals surface area contributed by atoms with Gasteiger partial charge in [-0.3, -0.25) is 23.8 Å². The minimum Gasteiger partial charge on any atom is -0.497 e. The molecule has 24 heteroatoms. The molecule has 0 aliphatic rings. The molecule has 15 nitrogen and oxygen atoms in total. The number of unbranched alkanes of at least 4 members (excludes halogenated alkanes) is 10. The Kier molecular flexibility index (Phi) is 47.3. The molecule has 8 rings (SSSR count). The van der Waals surface area contributed by atoms with Crippen molar-refractivity contribution < 1.29 is 74.0 Å². The highest BCUT2D eigenvalue weighted by Crippen LogP contribution is 2.50. The van der Waals surface area contributed by atoms with Crippen molar-refractivity contribution in [1.82, 2.24) is 24.9 Å². The van der Waals surface area contributed by atoms with Crippen molar-refractivity contribution in [1.29, 1.82) is 0 Å². The van der Waals surface area contributed by atoms with Gasteiger partial charge < -0.3 is 48.7 Å². The van der Waals surface area contributed by atoms with E-state index in [1.807, 2.05) is 156 Å². The van der Waals surface area contributed by atoms with E-state index in [9.17, 15) is 41.0 Å². The third kappa shape index (κ3) is 34.0. The quantitative estimate of drug-likeness (QED) is 0.0144. The van der Waals surface area contributed by atoms with Crippen molar-refractivity contribution in [3.8, 4) is 23.0 Å². The number of nitrogens with one attached hydrogen (secondary N) is 2. The largest absolute Gasteiger partial charge is 0.497 e. The second-order valence-corrected chi connectivity index (χ2v) is 35.9. The molecule has 122 heavy (non-hydrogen) atoms. The number of amides is 2. The second-order valence-electron chi connectivity index (χ2n) is 31.7. The Labute approximate surface area is 732 Å². The lowest BCUT2D eigenvalue weighted by Gasteiger charge is -2.40. The van der Waals surface area contributed by atoms with Gasteiger partial charge in [0.25, 0.3) is 0 Å². The number of hydrogen-bond donors (Lipinski definition) is 3. The lowest BCUT2D eigenvalue weighted by atomic mass is 9.80. The number of aliphatic hydroxyl groups excluding tert-OH is 1. The summed E-state index contributed by atoms with van der Waals surface area (Å²) in [5.74, 6) is -0.843. The van der Waals surface area contributed by atoms with E-state index in [-0.39, 0.29) is 37.9 Å². The summed E-state index contributed by atoms with van der Waals surface area (Å²) in [6.45, 7) is 30.4. The average Bonchev–Trinajstić information content (AvgIpc) is 0.755. The first kappa shape index (κ1) is 105. The Balaban J connectivity index is 0.000000348. The molecule has 0 aromatic heterocycles. The monoisotopic (exact) mass is 1750 g/mol. The van der Waals surface area contributed by atoms with Crippen molar-refractivity contribution in [2.24, 2.45) is 0 Å². The third-order valence-electron chi connectivity index (χ3n) is 20.7. The fraction of sp³-hybridized carbons (Fsp3) is 0.490. The third-order valence-corrected chi connectivity index (χ3v) is 26.5. The highest BCUT2D eigenvalue weighted by atomic mass is 35.7. The molecule has 0 saturated carbocycles. The Morgan fingerprint density at radius 3 is 0.959 bits per heavy atom. The van der Waals surface area contributed by atoms with Crippen molar-refractivity contribution in [2.75, 3.05) is 61.3 Å². The summed E-state index contributed by atoms with van der Waals surface area (Å²) in [6.07, 6.45) is 0.103. The molecule has 0 radical (unpaired) electrons. The van der Waals surface area contributed by atoms with Crippen LogP contribution in [0.25, 0.3) is 0 Å². The molecule has 0 fully saturated rings.